The number of ketones is 1. The number of aryl methyl sites for hydroxylation is 2. The van der Waals surface area contributed by atoms with Crippen molar-refractivity contribution < 1.29 is 52.8 Å². The van der Waals surface area contributed by atoms with Crippen LogP contribution in [0.2, 0.25) is 0 Å². The van der Waals surface area contributed by atoms with E-state index in [0.717, 1.165) is 0 Å². The second-order valence-corrected chi connectivity index (χ2v) is 12.9. The molecule has 51 heavy (non-hydrogen) atoms. The van der Waals surface area contributed by atoms with Crippen molar-refractivity contribution in [3.63, 3.8) is 0 Å². The summed E-state index contributed by atoms with van der Waals surface area (Å²) in [6, 6.07) is 6.15. The smallest absolute Gasteiger partial charge is 0.343 e. The molecular weight excluding hydrogens is 656 g/mol. The third-order valence-electron chi connectivity index (χ3n) is 9.18. The Labute approximate surface area is 296 Å². The second kappa shape index (κ2) is 15.0. The molecular formula is C40H42O11. The summed E-state index contributed by atoms with van der Waals surface area (Å²) in [5.41, 5.74) is 4.57. The number of aromatic carboxylic acids is 1. The lowest BCUT2D eigenvalue weighted by Crippen LogP contribution is -2.28. The lowest BCUT2D eigenvalue weighted by atomic mass is 9.91. The van der Waals surface area contributed by atoms with Crippen LogP contribution in [0.5, 0.6) is 23.0 Å². The maximum atomic E-state index is 13.7. The molecule has 1 aliphatic carbocycles. The van der Waals surface area contributed by atoms with Gasteiger partial charge in [0.05, 0.1) is 25.3 Å². The van der Waals surface area contributed by atoms with E-state index < -0.39 is 29.8 Å². The number of allylic oxidation sites excluding steroid dienone is 2. The van der Waals surface area contributed by atoms with Gasteiger partial charge in [0, 0.05) is 12.1 Å². The van der Waals surface area contributed by atoms with E-state index >= 15 is 0 Å². The highest BCUT2D eigenvalue weighted by atomic mass is 16.5. The predicted molar refractivity (Wildman–Crippen MR) is 188 cm³/mol. The molecule has 1 atom stereocenters. The van der Waals surface area contributed by atoms with Gasteiger partial charge >= 0.3 is 23.9 Å². The number of carbonyl (C=O) groups is 5. The van der Waals surface area contributed by atoms with E-state index in [1.807, 2.05) is 13.8 Å². The second-order valence-electron chi connectivity index (χ2n) is 12.9. The van der Waals surface area contributed by atoms with E-state index in [0.29, 0.717) is 50.3 Å². The number of carboxylic acids is 1. The van der Waals surface area contributed by atoms with E-state index in [1.54, 1.807) is 66.7 Å². The van der Waals surface area contributed by atoms with Gasteiger partial charge < -0.3 is 28.8 Å². The Morgan fingerprint density at radius 1 is 0.667 bits per heavy atom. The summed E-state index contributed by atoms with van der Waals surface area (Å²) < 4.78 is 28.1. The molecule has 1 unspecified atom stereocenters. The molecule has 3 aromatic carbocycles. The first-order chi connectivity index (χ1) is 23.9. The summed E-state index contributed by atoms with van der Waals surface area (Å²) in [7, 11) is 2.72. The lowest BCUT2D eigenvalue weighted by Gasteiger charge is -2.24. The number of ether oxygens (including phenoxy) is 5. The van der Waals surface area contributed by atoms with Gasteiger partial charge in [0.15, 0.2) is 5.78 Å². The Balaban J connectivity index is 1.61. The van der Waals surface area contributed by atoms with Gasteiger partial charge in [-0.2, -0.15) is 0 Å². The van der Waals surface area contributed by atoms with Crippen LogP contribution in [-0.2, 0) is 14.3 Å². The largest absolute Gasteiger partial charge is 0.500 e. The van der Waals surface area contributed by atoms with Crippen LogP contribution in [-0.4, -0.2) is 49.0 Å². The summed E-state index contributed by atoms with van der Waals surface area (Å²) in [6.45, 7) is 15.6. The Morgan fingerprint density at radius 2 is 1.29 bits per heavy atom. The molecule has 4 rings (SSSR count). The fourth-order valence-corrected chi connectivity index (χ4v) is 5.95. The highest BCUT2D eigenvalue weighted by Crippen LogP contribution is 2.38. The van der Waals surface area contributed by atoms with E-state index in [1.165, 1.54) is 32.4 Å². The molecule has 0 fully saturated rings. The minimum atomic E-state index is -1.16. The van der Waals surface area contributed by atoms with Crippen molar-refractivity contribution in [3.8, 4) is 23.0 Å². The summed E-state index contributed by atoms with van der Waals surface area (Å²) in [6.07, 6.45) is 2.63. The standard InChI is InChI=1S/C40H42O11/c1-18(2)27-16-29(22(6)25(9)36(27)51-40(46)34-21(5)12-26(41)15-32(34)47-10)39(45)49-30-14-19(3)28(13-20(30)4)38(44)50-31-17-33(48-11)35(37(42)43)24(8)23(31)7/h12-18,34H,1-11H3,(H,42,43). The number of esters is 3. The van der Waals surface area contributed by atoms with Gasteiger partial charge in [-0.25, -0.2) is 14.4 Å². The SMILES string of the molecule is COC1=CC(=O)C=C(C)C1C(=O)Oc1c(C(C)C)cc(C(=O)Oc2cc(C)c(C(=O)Oc3cc(OC)c(C(=O)O)c(C)c3C)cc2C)c(C)c1C. The summed E-state index contributed by atoms with van der Waals surface area (Å²) in [5.74, 6) is -3.45. The number of rotatable bonds is 10. The molecule has 0 heterocycles. The first kappa shape index (κ1) is 38.1. The first-order valence-corrected chi connectivity index (χ1v) is 16.2. The van der Waals surface area contributed by atoms with Gasteiger partial charge in [0.2, 0.25) is 0 Å². The molecule has 0 amide bonds. The molecule has 0 aliphatic heterocycles. The average Bonchev–Trinajstić information content (AvgIpc) is 3.05. The number of methoxy groups -OCH3 is 2. The molecule has 11 nitrogen and oxygen atoms in total. The molecule has 0 radical (unpaired) electrons. The number of carboxylic acid groups (broad SMARTS) is 1. The third kappa shape index (κ3) is 7.57. The van der Waals surface area contributed by atoms with Crippen LogP contribution in [0.1, 0.15) is 96.7 Å². The molecule has 1 N–H and O–H groups in total. The van der Waals surface area contributed by atoms with Crippen molar-refractivity contribution in [2.75, 3.05) is 14.2 Å². The van der Waals surface area contributed by atoms with Crippen LogP contribution >= 0.6 is 0 Å². The molecule has 0 saturated heterocycles. The Bertz CT molecular complexity index is 2050. The zero-order valence-electron chi connectivity index (χ0n) is 30.6. The van der Waals surface area contributed by atoms with Crippen molar-refractivity contribution in [1.29, 1.82) is 0 Å². The van der Waals surface area contributed by atoms with Crippen molar-refractivity contribution >= 4 is 29.7 Å². The molecule has 0 aromatic heterocycles. The van der Waals surface area contributed by atoms with Crippen molar-refractivity contribution in [2.45, 2.75) is 68.2 Å². The van der Waals surface area contributed by atoms with Crippen LogP contribution in [0.15, 0.2) is 47.7 Å². The number of carbonyl (C=O) groups excluding carboxylic acids is 4. The fourth-order valence-electron chi connectivity index (χ4n) is 5.95. The minimum absolute atomic E-state index is 0.0154. The molecule has 1 aliphatic rings. The van der Waals surface area contributed by atoms with Gasteiger partial charge in [0.25, 0.3) is 0 Å². The normalized spacial score (nSPS) is 14.0. The molecule has 0 spiro atoms. The molecule has 0 bridgehead atoms. The fraction of sp³-hybridized carbons (Fsp3) is 0.325. The van der Waals surface area contributed by atoms with E-state index in [9.17, 15) is 29.1 Å². The maximum absolute atomic E-state index is 13.7. The van der Waals surface area contributed by atoms with Crippen LogP contribution in [0.4, 0.5) is 0 Å². The van der Waals surface area contributed by atoms with Gasteiger partial charge in [-0.3, -0.25) is 9.59 Å². The maximum Gasteiger partial charge on any atom is 0.343 e. The predicted octanol–water partition coefficient (Wildman–Crippen LogP) is 7.39. The number of hydrogen-bond acceptors (Lipinski definition) is 10. The Hall–Kier alpha value is -5.71. The topological polar surface area (TPSA) is 152 Å². The Kier molecular flexibility index (Phi) is 11.2. The lowest BCUT2D eigenvalue weighted by molar-refractivity contribution is -0.137. The van der Waals surface area contributed by atoms with Gasteiger partial charge in [0.1, 0.15) is 40.2 Å². The van der Waals surface area contributed by atoms with Gasteiger partial charge in [-0.15, -0.1) is 0 Å². The molecule has 0 saturated carbocycles. The zero-order valence-corrected chi connectivity index (χ0v) is 30.6. The zero-order chi connectivity index (χ0) is 38.1. The van der Waals surface area contributed by atoms with E-state index in [2.05, 4.69) is 0 Å². The first-order valence-electron chi connectivity index (χ1n) is 16.2. The van der Waals surface area contributed by atoms with Crippen LogP contribution in [0, 0.1) is 47.5 Å². The highest BCUT2D eigenvalue weighted by Gasteiger charge is 2.33. The van der Waals surface area contributed by atoms with Crippen LogP contribution < -0.4 is 18.9 Å². The third-order valence-corrected chi connectivity index (χ3v) is 9.18. The monoisotopic (exact) mass is 698 g/mol. The summed E-state index contributed by atoms with van der Waals surface area (Å²) >= 11 is 0. The molecule has 268 valence electrons. The Morgan fingerprint density at radius 3 is 1.88 bits per heavy atom. The van der Waals surface area contributed by atoms with Crippen molar-refractivity contribution in [3.05, 3.63) is 103 Å². The quantitative estimate of drug-likeness (QED) is 0.167. The van der Waals surface area contributed by atoms with Crippen molar-refractivity contribution in [1.82, 2.24) is 0 Å². The molecule has 11 heteroatoms. The van der Waals surface area contributed by atoms with E-state index in [4.69, 9.17) is 23.7 Å². The van der Waals surface area contributed by atoms with Gasteiger partial charge in [-0.05, 0) is 123 Å². The summed E-state index contributed by atoms with van der Waals surface area (Å²) in [5, 5.41) is 9.61. The van der Waals surface area contributed by atoms with Crippen molar-refractivity contribution in [2.24, 2.45) is 5.92 Å². The van der Waals surface area contributed by atoms with Gasteiger partial charge in [-0.1, -0.05) is 13.8 Å². The van der Waals surface area contributed by atoms with Crippen LogP contribution in [0.25, 0.3) is 0 Å². The minimum Gasteiger partial charge on any atom is -0.500 e. The van der Waals surface area contributed by atoms with E-state index in [-0.39, 0.29) is 51.4 Å². The number of hydrogen-bond donors (Lipinski definition) is 1. The number of benzene rings is 3. The molecule has 3 aromatic rings. The highest BCUT2D eigenvalue weighted by molar-refractivity contribution is 6.03. The average molecular weight is 699 g/mol. The van der Waals surface area contributed by atoms with Crippen LogP contribution in [0.3, 0.4) is 0 Å². The summed E-state index contributed by atoms with van der Waals surface area (Å²) in [4.78, 5) is 64.2.